The second-order valence-corrected chi connectivity index (χ2v) is 8.27. The summed E-state index contributed by atoms with van der Waals surface area (Å²) < 4.78 is 11.0. The van der Waals surface area contributed by atoms with Gasteiger partial charge in [-0.1, -0.05) is 32.3 Å². The fourth-order valence-electron chi connectivity index (χ4n) is 3.90. The van der Waals surface area contributed by atoms with Crippen LogP contribution in [0.4, 0.5) is 0 Å². The van der Waals surface area contributed by atoms with E-state index in [2.05, 4.69) is 46.0 Å². The van der Waals surface area contributed by atoms with Crippen molar-refractivity contribution in [3.05, 3.63) is 18.0 Å². The van der Waals surface area contributed by atoms with Crippen molar-refractivity contribution in [2.24, 2.45) is 10.4 Å². The van der Waals surface area contributed by atoms with Gasteiger partial charge in [-0.3, -0.25) is 9.89 Å². The molecule has 7 heteroatoms. The van der Waals surface area contributed by atoms with Crippen molar-refractivity contribution >= 4 is 5.96 Å². The second-order valence-electron chi connectivity index (χ2n) is 8.27. The lowest BCUT2D eigenvalue weighted by atomic mass is 9.64. The molecule has 1 aromatic heterocycles. The van der Waals surface area contributed by atoms with E-state index in [-0.39, 0.29) is 5.41 Å². The van der Waals surface area contributed by atoms with Gasteiger partial charge in [0.2, 0.25) is 0 Å². The Morgan fingerprint density at radius 2 is 2.15 bits per heavy atom. The summed E-state index contributed by atoms with van der Waals surface area (Å²) in [5.41, 5.74) is 1.13. The molecule has 2 heterocycles. The zero-order valence-corrected chi connectivity index (χ0v) is 17.3. The number of hydrogen-bond acceptors (Lipinski definition) is 5. The van der Waals surface area contributed by atoms with Crippen LogP contribution in [0.3, 0.4) is 0 Å². The molecule has 2 aliphatic rings. The number of ether oxygens (including phenoxy) is 1. The number of hydrogen-bond donors (Lipinski definition) is 1. The molecule has 2 fully saturated rings. The Balaban J connectivity index is 1.45. The van der Waals surface area contributed by atoms with Crippen LogP contribution in [0.1, 0.15) is 45.7 Å². The van der Waals surface area contributed by atoms with Gasteiger partial charge < -0.3 is 19.5 Å². The van der Waals surface area contributed by atoms with Gasteiger partial charge in [0.15, 0.2) is 5.96 Å². The molecule has 1 aliphatic heterocycles. The quantitative estimate of drug-likeness (QED) is 0.447. The maximum atomic E-state index is 6.07. The van der Waals surface area contributed by atoms with Gasteiger partial charge in [0.25, 0.3) is 0 Å². The van der Waals surface area contributed by atoms with E-state index in [4.69, 9.17) is 9.26 Å². The molecule has 2 atom stereocenters. The van der Waals surface area contributed by atoms with Crippen LogP contribution in [-0.2, 0) is 11.3 Å². The SMILES string of the molecule is CCCCOC1CC(NC(=NC)N2CCN(Cc3ccon3)CC2)C1(C)C. The Labute approximate surface area is 163 Å². The highest BCUT2D eigenvalue weighted by Crippen LogP contribution is 2.43. The largest absolute Gasteiger partial charge is 0.378 e. The highest BCUT2D eigenvalue weighted by molar-refractivity contribution is 5.80. The Hall–Kier alpha value is -1.60. The summed E-state index contributed by atoms with van der Waals surface area (Å²) in [7, 11) is 1.88. The topological polar surface area (TPSA) is 66.1 Å². The van der Waals surface area contributed by atoms with Crippen LogP contribution in [0.15, 0.2) is 21.8 Å². The first kappa shape index (κ1) is 20.1. The average Bonchev–Trinajstić information content (AvgIpc) is 3.17. The van der Waals surface area contributed by atoms with Crippen molar-refractivity contribution in [1.29, 1.82) is 0 Å². The molecule has 152 valence electrons. The molecule has 7 nitrogen and oxygen atoms in total. The maximum Gasteiger partial charge on any atom is 0.193 e. The number of nitrogens with zero attached hydrogens (tertiary/aromatic N) is 4. The van der Waals surface area contributed by atoms with Gasteiger partial charge in [-0.2, -0.15) is 0 Å². The summed E-state index contributed by atoms with van der Waals surface area (Å²) in [6.45, 7) is 12.5. The minimum absolute atomic E-state index is 0.137. The molecule has 0 aromatic carbocycles. The molecule has 3 rings (SSSR count). The van der Waals surface area contributed by atoms with Crippen molar-refractivity contribution in [3.8, 4) is 0 Å². The van der Waals surface area contributed by atoms with Crippen molar-refractivity contribution in [3.63, 3.8) is 0 Å². The van der Waals surface area contributed by atoms with Crippen molar-refractivity contribution in [2.75, 3.05) is 39.8 Å². The number of unbranched alkanes of at least 4 members (excludes halogenated alkanes) is 1. The maximum absolute atomic E-state index is 6.07. The number of guanidine groups is 1. The van der Waals surface area contributed by atoms with E-state index in [0.717, 1.165) is 63.8 Å². The molecule has 0 bridgehead atoms. The third-order valence-electron chi connectivity index (χ3n) is 6.06. The molecular formula is C20H35N5O2. The summed E-state index contributed by atoms with van der Waals surface area (Å²) in [5, 5.41) is 7.70. The fourth-order valence-corrected chi connectivity index (χ4v) is 3.90. The molecule has 1 saturated carbocycles. The van der Waals surface area contributed by atoms with Crippen LogP contribution >= 0.6 is 0 Å². The molecule has 0 spiro atoms. The summed E-state index contributed by atoms with van der Waals surface area (Å²) in [6, 6.07) is 2.35. The van der Waals surface area contributed by atoms with Gasteiger partial charge in [0, 0.05) is 63.9 Å². The van der Waals surface area contributed by atoms with Crippen LogP contribution < -0.4 is 5.32 Å². The van der Waals surface area contributed by atoms with E-state index in [1.165, 1.54) is 6.42 Å². The predicted molar refractivity (Wildman–Crippen MR) is 107 cm³/mol. The number of nitrogens with one attached hydrogen (secondary N) is 1. The summed E-state index contributed by atoms with van der Waals surface area (Å²) in [5.74, 6) is 1.01. The van der Waals surface area contributed by atoms with Gasteiger partial charge >= 0.3 is 0 Å². The van der Waals surface area contributed by atoms with E-state index < -0.39 is 0 Å². The number of piperazine rings is 1. The molecule has 1 aromatic rings. The van der Waals surface area contributed by atoms with Gasteiger partial charge in [-0.15, -0.1) is 0 Å². The number of aliphatic imine (C=N–C) groups is 1. The molecule has 1 N–H and O–H groups in total. The molecule has 2 unspecified atom stereocenters. The van der Waals surface area contributed by atoms with Crippen molar-refractivity contribution < 1.29 is 9.26 Å². The normalized spacial score (nSPS) is 26.1. The van der Waals surface area contributed by atoms with Gasteiger partial charge in [-0.25, -0.2) is 0 Å². The lowest BCUT2D eigenvalue weighted by molar-refractivity contribution is -0.114. The molecular weight excluding hydrogens is 342 g/mol. The minimum atomic E-state index is 0.137. The molecule has 27 heavy (non-hydrogen) atoms. The summed E-state index contributed by atoms with van der Waals surface area (Å²) >= 11 is 0. The molecule has 1 saturated heterocycles. The highest BCUT2D eigenvalue weighted by atomic mass is 16.5. The minimum Gasteiger partial charge on any atom is -0.378 e. The Kier molecular flexibility index (Phi) is 6.76. The average molecular weight is 378 g/mol. The van der Waals surface area contributed by atoms with Crippen LogP contribution in [-0.4, -0.2) is 72.9 Å². The smallest absolute Gasteiger partial charge is 0.193 e. The first-order chi connectivity index (χ1) is 13.0. The summed E-state index contributed by atoms with van der Waals surface area (Å²) in [4.78, 5) is 9.32. The fraction of sp³-hybridized carbons (Fsp3) is 0.800. The van der Waals surface area contributed by atoms with Crippen LogP contribution in [0.5, 0.6) is 0 Å². The lowest BCUT2D eigenvalue weighted by Gasteiger charge is -2.52. The van der Waals surface area contributed by atoms with Crippen molar-refractivity contribution in [2.45, 2.75) is 58.7 Å². The van der Waals surface area contributed by atoms with Crippen LogP contribution in [0.2, 0.25) is 0 Å². The monoisotopic (exact) mass is 377 g/mol. The zero-order valence-electron chi connectivity index (χ0n) is 17.3. The Morgan fingerprint density at radius 3 is 2.74 bits per heavy atom. The van der Waals surface area contributed by atoms with Crippen LogP contribution in [0, 0.1) is 5.41 Å². The zero-order chi connectivity index (χ0) is 19.3. The van der Waals surface area contributed by atoms with E-state index in [0.29, 0.717) is 12.1 Å². The molecule has 0 amide bonds. The van der Waals surface area contributed by atoms with E-state index >= 15 is 0 Å². The Bertz CT molecular complexity index is 594. The highest BCUT2D eigenvalue weighted by Gasteiger charge is 2.49. The second kappa shape index (κ2) is 9.06. The lowest BCUT2D eigenvalue weighted by Crippen LogP contribution is -2.65. The van der Waals surface area contributed by atoms with Gasteiger partial charge in [0.1, 0.15) is 6.26 Å². The number of aromatic nitrogens is 1. The van der Waals surface area contributed by atoms with Gasteiger partial charge in [0.05, 0.1) is 11.8 Å². The van der Waals surface area contributed by atoms with Crippen LogP contribution in [0.25, 0.3) is 0 Å². The van der Waals surface area contributed by atoms with E-state index in [1.807, 2.05) is 13.1 Å². The summed E-state index contributed by atoms with van der Waals surface area (Å²) in [6.07, 6.45) is 5.37. The predicted octanol–water partition coefficient (Wildman–Crippen LogP) is 2.35. The first-order valence-corrected chi connectivity index (χ1v) is 10.3. The van der Waals surface area contributed by atoms with Gasteiger partial charge in [-0.05, 0) is 12.8 Å². The molecule has 0 radical (unpaired) electrons. The standard InChI is InChI=1S/C20H35N5O2/c1-5-6-12-26-18-14-17(20(18,2)3)22-19(21-4)25-10-8-24(9-11-25)15-16-7-13-27-23-16/h7,13,17-18H,5-6,8-12,14-15H2,1-4H3,(H,21,22). The Morgan fingerprint density at radius 1 is 1.37 bits per heavy atom. The van der Waals surface area contributed by atoms with E-state index in [1.54, 1.807) is 6.26 Å². The third kappa shape index (κ3) is 4.82. The first-order valence-electron chi connectivity index (χ1n) is 10.3. The van der Waals surface area contributed by atoms with Crippen molar-refractivity contribution in [1.82, 2.24) is 20.3 Å². The molecule has 1 aliphatic carbocycles. The third-order valence-corrected chi connectivity index (χ3v) is 6.06. The number of rotatable bonds is 7. The van der Waals surface area contributed by atoms with E-state index in [9.17, 15) is 0 Å².